The van der Waals surface area contributed by atoms with E-state index < -0.39 is 23.9 Å². The molecule has 0 aliphatic carbocycles. The van der Waals surface area contributed by atoms with Crippen molar-refractivity contribution >= 4 is 29.8 Å². The third kappa shape index (κ3) is 17.7. The van der Waals surface area contributed by atoms with Gasteiger partial charge in [-0.2, -0.15) is 0 Å². The van der Waals surface area contributed by atoms with Crippen molar-refractivity contribution < 1.29 is 58.6 Å². The fourth-order valence-electron chi connectivity index (χ4n) is 3.15. The predicted octanol–water partition coefficient (Wildman–Crippen LogP) is 0.179. The maximum absolute atomic E-state index is 12.2. The molecule has 1 fully saturated rings. The monoisotopic (exact) mass is 583 g/mol. The smallest absolute Gasteiger partial charge is 0.328 e. The van der Waals surface area contributed by atoms with E-state index in [1.54, 1.807) is 21.3 Å². The maximum atomic E-state index is 12.2. The second-order valence-electron chi connectivity index (χ2n) is 8.24. The van der Waals surface area contributed by atoms with Crippen LogP contribution in [0.2, 0.25) is 0 Å². The maximum Gasteiger partial charge on any atom is 0.328 e. The Kier molecular flexibility index (Phi) is 18.2. The van der Waals surface area contributed by atoms with Crippen molar-refractivity contribution in [1.82, 2.24) is 15.1 Å². The average molecular weight is 584 g/mol. The quantitative estimate of drug-likeness (QED) is 0.208. The highest BCUT2D eigenvalue weighted by atomic mass is 16.5. The van der Waals surface area contributed by atoms with E-state index in [4.69, 9.17) is 34.6 Å². The normalized spacial score (nSPS) is 14.1. The molecule has 1 unspecified atom stereocenters. The Bertz CT molecular complexity index is 1000. The third-order valence-electron chi connectivity index (χ3n) is 5.25. The van der Waals surface area contributed by atoms with Crippen LogP contribution in [0.25, 0.3) is 0 Å². The van der Waals surface area contributed by atoms with Crippen LogP contribution in [0.15, 0.2) is 42.5 Å². The SMILES string of the molecule is COc1ccc(C(CNC(=O)CN2CCN(C)CC2)OC)cc1OC.O=C(O)/C=C\C(=O)O.O=C(O)/C=C\C(=O)O. The molecule has 0 saturated carbocycles. The molecule has 1 aliphatic heterocycles. The molecular weight excluding hydrogens is 546 g/mol. The lowest BCUT2D eigenvalue weighted by atomic mass is 10.1. The molecule has 1 aromatic rings. The standard InChI is InChI=1S/C18H29N3O4.2C4H4O4/c1-20-7-9-21(10-8-20)13-18(22)19-12-17(25-4)14-5-6-15(23-2)16(11-14)24-3;2*5-3(6)1-2-4(7)8/h5-6,11,17H,7-10,12-13H2,1-4H3,(H,19,22);2*1-2H,(H,5,6)(H,7,8)/b;2*2-1-. The van der Waals surface area contributed by atoms with E-state index in [1.807, 2.05) is 18.2 Å². The summed E-state index contributed by atoms with van der Waals surface area (Å²) in [4.78, 5) is 54.9. The first-order chi connectivity index (χ1) is 19.3. The molecule has 1 atom stereocenters. The molecule has 1 heterocycles. The van der Waals surface area contributed by atoms with Crippen LogP contribution < -0.4 is 14.8 Å². The third-order valence-corrected chi connectivity index (χ3v) is 5.25. The number of piperazine rings is 1. The van der Waals surface area contributed by atoms with Crippen LogP contribution in [0.4, 0.5) is 0 Å². The number of benzene rings is 1. The van der Waals surface area contributed by atoms with Crippen LogP contribution in [-0.4, -0.2) is 128 Å². The summed E-state index contributed by atoms with van der Waals surface area (Å²) in [5.41, 5.74) is 0.931. The van der Waals surface area contributed by atoms with E-state index in [9.17, 15) is 24.0 Å². The lowest BCUT2D eigenvalue weighted by Crippen LogP contribution is -2.48. The van der Waals surface area contributed by atoms with Gasteiger partial charge in [-0.3, -0.25) is 9.69 Å². The summed E-state index contributed by atoms with van der Waals surface area (Å²) in [6, 6.07) is 5.63. The molecule has 15 nitrogen and oxygen atoms in total. The van der Waals surface area contributed by atoms with Gasteiger partial charge in [0.2, 0.25) is 5.91 Å². The van der Waals surface area contributed by atoms with Crippen LogP contribution in [0.1, 0.15) is 11.7 Å². The number of carbonyl (C=O) groups excluding carboxylic acids is 1. The Labute approximate surface area is 237 Å². The Morgan fingerprint density at radius 2 is 1.27 bits per heavy atom. The zero-order valence-electron chi connectivity index (χ0n) is 23.3. The van der Waals surface area contributed by atoms with Crippen LogP contribution in [0.5, 0.6) is 11.5 Å². The average Bonchev–Trinajstić information content (AvgIpc) is 2.93. The topological polar surface area (TPSA) is 212 Å². The van der Waals surface area contributed by atoms with Gasteiger partial charge in [0, 0.05) is 64.1 Å². The van der Waals surface area contributed by atoms with Crippen molar-refractivity contribution in [2.24, 2.45) is 0 Å². The first-order valence-electron chi connectivity index (χ1n) is 12.0. The number of hydrogen-bond donors (Lipinski definition) is 5. The molecule has 1 aliphatic rings. The van der Waals surface area contributed by atoms with E-state index in [1.165, 1.54) is 0 Å². The number of hydrogen-bond acceptors (Lipinski definition) is 10. The molecular formula is C26H37N3O12. The fraction of sp³-hybridized carbons (Fsp3) is 0.423. The van der Waals surface area contributed by atoms with Gasteiger partial charge < -0.3 is 44.9 Å². The molecule has 0 spiro atoms. The predicted molar refractivity (Wildman–Crippen MR) is 145 cm³/mol. The summed E-state index contributed by atoms with van der Waals surface area (Å²) in [5.74, 6) is -3.70. The second kappa shape index (κ2) is 20.4. The number of ether oxygens (including phenoxy) is 3. The number of amides is 1. The minimum atomic E-state index is -1.26. The second-order valence-corrected chi connectivity index (χ2v) is 8.24. The number of carboxylic acid groups (broad SMARTS) is 4. The highest BCUT2D eigenvalue weighted by Crippen LogP contribution is 2.30. The highest BCUT2D eigenvalue weighted by molar-refractivity contribution is 5.90. The van der Waals surface area contributed by atoms with Crippen LogP contribution in [-0.2, 0) is 28.7 Å². The van der Waals surface area contributed by atoms with Crippen LogP contribution >= 0.6 is 0 Å². The zero-order chi connectivity index (χ0) is 31.4. The Balaban J connectivity index is 0.000000820. The Morgan fingerprint density at radius 1 is 0.805 bits per heavy atom. The number of nitrogens with zero attached hydrogens (tertiary/aromatic N) is 2. The molecule has 15 heteroatoms. The highest BCUT2D eigenvalue weighted by Gasteiger charge is 2.18. The van der Waals surface area contributed by atoms with Gasteiger partial charge >= 0.3 is 23.9 Å². The number of carboxylic acids is 4. The van der Waals surface area contributed by atoms with Gasteiger partial charge in [0.1, 0.15) is 0 Å². The lowest BCUT2D eigenvalue weighted by molar-refractivity contribution is -0.134. The van der Waals surface area contributed by atoms with Gasteiger partial charge in [-0.05, 0) is 24.7 Å². The Morgan fingerprint density at radius 3 is 1.66 bits per heavy atom. The number of methoxy groups -OCH3 is 3. The number of carbonyl (C=O) groups is 5. The molecule has 1 aromatic carbocycles. The first-order valence-corrected chi connectivity index (χ1v) is 12.0. The molecule has 41 heavy (non-hydrogen) atoms. The van der Waals surface area contributed by atoms with Gasteiger partial charge in [-0.25, -0.2) is 19.2 Å². The lowest BCUT2D eigenvalue weighted by Gasteiger charge is -2.31. The molecule has 1 saturated heterocycles. The van der Waals surface area contributed by atoms with Gasteiger partial charge in [0.25, 0.3) is 0 Å². The van der Waals surface area contributed by atoms with E-state index in [2.05, 4.69) is 22.2 Å². The number of aliphatic carboxylic acids is 4. The largest absolute Gasteiger partial charge is 0.493 e. The molecule has 2 rings (SSSR count). The van der Waals surface area contributed by atoms with E-state index in [0.29, 0.717) is 48.9 Å². The van der Waals surface area contributed by atoms with Gasteiger partial charge in [0.15, 0.2) is 11.5 Å². The fourth-order valence-corrected chi connectivity index (χ4v) is 3.15. The molecule has 5 N–H and O–H groups in total. The summed E-state index contributed by atoms with van der Waals surface area (Å²) in [5, 5.41) is 34.2. The summed E-state index contributed by atoms with van der Waals surface area (Å²) >= 11 is 0. The first kappa shape index (κ1) is 36.5. The molecule has 0 radical (unpaired) electrons. The van der Waals surface area contributed by atoms with Crippen molar-refractivity contribution in [2.45, 2.75) is 6.10 Å². The van der Waals surface area contributed by atoms with E-state index in [0.717, 1.165) is 31.7 Å². The minimum Gasteiger partial charge on any atom is -0.493 e. The van der Waals surface area contributed by atoms with Crippen molar-refractivity contribution in [3.05, 3.63) is 48.1 Å². The van der Waals surface area contributed by atoms with Crippen molar-refractivity contribution in [2.75, 3.05) is 67.6 Å². The van der Waals surface area contributed by atoms with E-state index >= 15 is 0 Å². The number of likely N-dealkylation sites (N-methyl/N-ethyl adjacent to an activating group) is 1. The van der Waals surface area contributed by atoms with Crippen molar-refractivity contribution in [3.63, 3.8) is 0 Å². The van der Waals surface area contributed by atoms with Crippen LogP contribution in [0.3, 0.4) is 0 Å². The Hall–Kier alpha value is -4.47. The minimum absolute atomic E-state index is 0.0204. The summed E-state index contributed by atoms with van der Waals surface area (Å²) in [6.07, 6.45) is 1.99. The molecule has 0 aromatic heterocycles. The number of nitrogens with one attached hydrogen (secondary N) is 1. The summed E-state index contributed by atoms with van der Waals surface area (Å²) in [7, 11) is 6.93. The number of rotatable bonds is 12. The molecule has 0 bridgehead atoms. The van der Waals surface area contributed by atoms with Gasteiger partial charge in [0.05, 0.1) is 26.9 Å². The van der Waals surface area contributed by atoms with Crippen molar-refractivity contribution in [3.8, 4) is 11.5 Å². The summed E-state index contributed by atoms with van der Waals surface area (Å²) < 4.78 is 16.1. The van der Waals surface area contributed by atoms with Crippen LogP contribution in [0, 0.1) is 0 Å². The zero-order valence-corrected chi connectivity index (χ0v) is 23.3. The van der Waals surface area contributed by atoms with E-state index in [-0.39, 0.29) is 12.0 Å². The van der Waals surface area contributed by atoms with Crippen molar-refractivity contribution in [1.29, 1.82) is 0 Å². The van der Waals surface area contributed by atoms with Gasteiger partial charge in [-0.1, -0.05) is 6.07 Å². The van der Waals surface area contributed by atoms with Gasteiger partial charge in [-0.15, -0.1) is 0 Å². The molecule has 228 valence electrons. The summed E-state index contributed by atoms with van der Waals surface area (Å²) in [6.45, 7) is 4.69. The molecule has 1 amide bonds.